The van der Waals surface area contributed by atoms with Crippen LogP contribution in [0.3, 0.4) is 0 Å². The van der Waals surface area contributed by atoms with Crippen molar-refractivity contribution in [1.29, 1.82) is 0 Å². The molecule has 0 saturated carbocycles. The number of rotatable bonds is 2. The summed E-state index contributed by atoms with van der Waals surface area (Å²) in [5.74, 6) is 0. The van der Waals surface area contributed by atoms with Crippen LogP contribution in [-0.2, 0) is 0 Å². The summed E-state index contributed by atoms with van der Waals surface area (Å²) in [7, 11) is 0. The minimum atomic E-state index is 0.147. The molecule has 1 amide bonds. The molecule has 1 aliphatic rings. The van der Waals surface area contributed by atoms with Crippen molar-refractivity contribution in [2.24, 2.45) is 0 Å². The highest BCUT2D eigenvalue weighted by Crippen LogP contribution is 2.21. The Morgan fingerprint density at radius 3 is 3.11 bits per heavy atom. The van der Waals surface area contributed by atoms with E-state index in [0.717, 1.165) is 13.0 Å². The number of carbonyl (C=O) groups excluding carboxylic acids is 1. The fourth-order valence-corrected chi connectivity index (χ4v) is 1.90. The summed E-state index contributed by atoms with van der Waals surface area (Å²) in [5.41, 5.74) is 0. The van der Waals surface area contributed by atoms with Crippen LogP contribution < -0.4 is 5.32 Å². The van der Waals surface area contributed by atoms with Gasteiger partial charge >= 0.3 is 0 Å². The topological polar surface area (TPSA) is 29.1 Å². The molecular formula is C6H11NOS. The van der Waals surface area contributed by atoms with E-state index in [1.54, 1.807) is 0 Å². The van der Waals surface area contributed by atoms with Gasteiger partial charge in [0.05, 0.1) is 0 Å². The van der Waals surface area contributed by atoms with Gasteiger partial charge in [-0.15, -0.1) is 0 Å². The normalized spacial score (nSPS) is 26.3. The second kappa shape index (κ2) is 3.11. The molecule has 1 N–H and O–H groups in total. The molecule has 3 heteroatoms. The molecule has 0 aliphatic carbocycles. The lowest BCUT2D eigenvalue weighted by Gasteiger charge is -2.00. The molecule has 0 aromatic heterocycles. The Kier molecular flexibility index (Phi) is 2.39. The lowest BCUT2D eigenvalue weighted by atomic mass is 10.2. The molecule has 1 heterocycles. The number of hydrogen-bond acceptors (Lipinski definition) is 2. The Balaban J connectivity index is 2.22. The first kappa shape index (κ1) is 6.93. The third-order valence-corrected chi connectivity index (χ3v) is 2.45. The Hall–Kier alpha value is -0.180. The summed E-state index contributed by atoms with van der Waals surface area (Å²) in [5, 5.41) is 3.47. The summed E-state index contributed by atoms with van der Waals surface area (Å²) < 4.78 is 0. The largest absolute Gasteiger partial charge is 0.346 e. The van der Waals surface area contributed by atoms with Crippen molar-refractivity contribution in [2.75, 3.05) is 6.54 Å². The molecule has 1 rings (SSSR count). The fraction of sp³-hybridized carbons (Fsp3) is 0.833. The van der Waals surface area contributed by atoms with Crippen molar-refractivity contribution < 1.29 is 4.79 Å². The quantitative estimate of drug-likeness (QED) is 0.639. The summed E-state index contributed by atoms with van der Waals surface area (Å²) in [6, 6.07) is 0. The third-order valence-electron chi connectivity index (χ3n) is 1.36. The van der Waals surface area contributed by atoms with Crippen LogP contribution in [0.4, 0.5) is 4.79 Å². The molecule has 1 fully saturated rings. The van der Waals surface area contributed by atoms with Crippen LogP contribution in [0.2, 0.25) is 0 Å². The first-order chi connectivity index (χ1) is 4.33. The zero-order valence-electron chi connectivity index (χ0n) is 5.52. The van der Waals surface area contributed by atoms with Gasteiger partial charge in [-0.1, -0.05) is 25.1 Å². The highest BCUT2D eigenvalue weighted by molar-refractivity contribution is 8.14. The number of thioether (sulfide) groups is 1. The van der Waals surface area contributed by atoms with E-state index in [4.69, 9.17) is 0 Å². The van der Waals surface area contributed by atoms with Gasteiger partial charge in [-0.2, -0.15) is 0 Å². The maximum Gasteiger partial charge on any atom is 0.279 e. The predicted octanol–water partition coefficient (Wildman–Crippen LogP) is 1.61. The maximum atomic E-state index is 10.6. The Morgan fingerprint density at radius 2 is 2.67 bits per heavy atom. The van der Waals surface area contributed by atoms with E-state index in [0.29, 0.717) is 5.25 Å². The van der Waals surface area contributed by atoms with Gasteiger partial charge in [0.25, 0.3) is 5.24 Å². The van der Waals surface area contributed by atoms with Gasteiger partial charge in [0.2, 0.25) is 0 Å². The van der Waals surface area contributed by atoms with Crippen molar-refractivity contribution in [3.05, 3.63) is 0 Å². The maximum absolute atomic E-state index is 10.6. The molecule has 0 bridgehead atoms. The molecule has 1 atom stereocenters. The lowest BCUT2D eigenvalue weighted by molar-refractivity contribution is 0.262. The fourth-order valence-electron chi connectivity index (χ4n) is 0.915. The molecule has 1 saturated heterocycles. The van der Waals surface area contributed by atoms with Crippen molar-refractivity contribution >= 4 is 17.0 Å². The smallest absolute Gasteiger partial charge is 0.279 e. The van der Waals surface area contributed by atoms with Gasteiger partial charge in [0, 0.05) is 11.8 Å². The van der Waals surface area contributed by atoms with Crippen LogP contribution in [-0.4, -0.2) is 17.0 Å². The zero-order chi connectivity index (χ0) is 6.69. The highest BCUT2D eigenvalue weighted by atomic mass is 32.2. The summed E-state index contributed by atoms with van der Waals surface area (Å²) >= 11 is 1.44. The van der Waals surface area contributed by atoms with Gasteiger partial charge in [-0.3, -0.25) is 4.79 Å². The molecule has 0 aromatic rings. The molecule has 0 aromatic carbocycles. The molecular weight excluding hydrogens is 134 g/mol. The number of nitrogens with one attached hydrogen (secondary N) is 1. The average Bonchev–Trinajstić information content (AvgIpc) is 2.17. The minimum absolute atomic E-state index is 0.147. The SMILES string of the molecule is CCC[C@H]1CNC(=O)S1. The van der Waals surface area contributed by atoms with Gasteiger partial charge in [-0.25, -0.2) is 0 Å². The molecule has 2 nitrogen and oxygen atoms in total. The molecule has 0 radical (unpaired) electrons. The second-order valence-corrected chi connectivity index (χ2v) is 3.47. The van der Waals surface area contributed by atoms with Crippen LogP contribution in [0.25, 0.3) is 0 Å². The second-order valence-electron chi connectivity index (χ2n) is 2.20. The van der Waals surface area contributed by atoms with Crippen LogP contribution >= 0.6 is 11.8 Å². The van der Waals surface area contributed by atoms with Crippen LogP contribution in [0.5, 0.6) is 0 Å². The zero-order valence-corrected chi connectivity index (χ0v) is 6.33. The lowest BCUT2D eigenvalue weighted by Crippen LogP contribution is -2.14. The van der Waals surface area contributed by atoms with Crippen molar-refractivity contribution in [2.45, 2.75) is 25.0 Å². The van der Waals surface area contributed by atoms with E-state index in [9.17, 15) is 4.79 Å². The molecule has 0 unspecified atom stereocenters. The first-order valence-corrected chi connectivity index (χ1v) is 4.15. The average molecular weight is 145 g/mol. The van der Waals surface area contributed by atoms with E-state index in [1.807, 2.05) is 0 Å². The summed E-state index contributed by atoms with van der Waals surface area (Å²) in [4.78, 5) is 10.6. The Labute approximate surface area is 59.4 Å². The van der Waals surface area contributed by atoms with Crippen molar-refractivity contribution in [3.8, 4) is 0 Å². The first-order valence-electron chi connectivity index (χ1n) is 3.27. The number of hydrogen-bond donors (Lipinski definition) is 1. The van der Waals surface area contributed by atoms with Gasteiger partial charge in [0.15, 0.2) is 0 Å². The standard InChI is InChI=1S/C6H11NOS/c1-2-3-5-4-7-6(8)9-5/h5H,2-4H2,1H3,(H,7,8)/t5-/m0/s1. The molecule has 52 valence electrons. The number of carbonyl (C=O) groups is 1. The Bertz CT molecular complexity index is 116. The highest BCUT2D eigenvalue weighted by Gasteiger charge is 2.20. The van der Waals surface area contributed by atoms with Crippen LogP contribution in [0, 0.1) is 0 Å². The minimum Gasteiger partial charge on any atom is -0.346 e. The molecule has 1 aliphatic heterocycles. The van der Waals surface area contributed by atoms with Crippen molar-refractivity contribution in [1.82, 2.24) is 5.32 Å². The van der Waals surface area contributed by atoms with Crippen LogP contribution in [0.1, 0.15) is 19.8 Å². The Morgan fingerprint density at radius 1 is 1.89 bits per heavy atom. The molecule has 9 heavy (non-hydrogen) atoms. The van der Waals surface area contributed by atoms with E-state index < -0.39 is 0 Å². The summed E-state index contributed by atoms with van der Waals surface area (Å²) in [6.45, 7) is 3.01. The van der Waals surface area contributed by atoms with E-state index in [1.165, 1.54) is 18.2 Å². The van der Waals surface area contributed by atoms with Gasteiger partial charge in [-0.05, 0) is 6.42 Å². The monoisotopic (exact) mass is 145 g/mol. The van der Waals surface area contributed by atoms with E-state index in [-0.39, 0.29) is 5.24 Å². The van der Waals surface area contributed by atoms with Gasteiger partial charge in [0.1, 0.15) is 0 Å². The van der Waals surface area contributed by atoms with Gasteiger partial charge < -0.3 is 5.32 Å². The van der Waals surface area contributed by atoms with E-state index in [2.05, 4.69) is 12.2 Å². The van der Waals surface area contributed by atoms with Crippen molar-refractivity contribution in [3.63, 3.8) is 0 Å². The molecule has 0 spiro atoms. The summed E-state index contributed by atoms with van der Waals surface area (Å²) in [6.07, 6.45) is 2.33. The third kappa shape index (κ3) is 1.90. The van der Waals surface area contributed by atoms with Crippen LogP contribution in [0.15, 0.2) is 0 Å². The van der Waals surface area contributed by atoms with E-state index >= 15 is 0 Å². The number of amides is 1. The predicted molar refractivity (Wildman–Crippen MR) is 39.7 cm³/mol.